The lowest BCUT2D eigenvalue weighted by molar-refractivity contribution is -0.384. The molecule has 0 aliphatic carbocycles. The van der Waals surface area contributed by atoms with Crippen molar-refractivity contribution in [1.29, 1.82) is 0 Å². The van der Waals surface area contributed by atoms with Gasteiger partial charge in [-0.05, 0) is 66.6 Å². The number of carbonyl (C=O) groups is 2. The number of carbonyl (C=O) groups excluding carboxylic acids is 2. The van der Waals surface area contributed by atoms with Crippen LogP contribution >= 0.6 is 0 Å². The van der Waals surface area contributed by atoms with Gasteiger partial charge in [0.25, 0.3) is 17.5 Å². The van der Waals surface area contributed by atoms with Crippen molar-refractivity contribution >= 4 is 34.4 Å². The van der Waals surface area contributed by atoms with Gasteiger partial charge in [-0.25, -0.2) is 9.29 Å². The molecule has 0 saturated carbocycles. The second-order valence-electron chi connectivity index (χ2n) is 6.97. The van der Waals surface area contributed by atoms with E-state index in [9.17, 15) is 24.1 Å². The third-order valence-electron chi connectivity index (χ3n) is 4.82. The second kappa shape index (κ2) is 7.83. The molecule has 0 spiro atoms. The number of nitrogens with zero attached hydrogens (tertiary/aromatic N) is 2. The van der Waals surface area contributed by atoms with Gasteiger partial charge in [-0.2, -0.15) is 0 Å². The first kappa shape index (κ1) is 20.0. The van der Waals surface area contributed by atoms with E-state index < -0.39 is 22.6 Å². The summed E-state index contributed by atoms with van der Waals surface area (Å²) in [5.74, 6) is -1.71. The molecule has 4 rings (SSSR count). The van der Waals surface area contributed by atoms with E-state index in [1.54, 1.807) is 6.07 Å². The lowest BCUT2D eigenvalue weighted by atomic mass is 10.0. The van der Waals surface area contributed by atoms with Crippen molar-refractivity contribution in [2.24, 2.45) is 0 Å². The minimum atomic E-state index is -0.611. The van der Waals surface area contributed by atoms with Gasteiger partial charge in [0.1, 0.15) is 11.5 Å². The zero-order chi connectivity index (χ0) is 22.1. The Labute approximate surface area is 176 Å². The Morgan fingerprint density at radius 1 is 0.935 bits per heavy atom. The first-order chi connectivity index (χ1) is 14.8. The van der Waals surface area contributed by atoms with Gasteiger partial charge in [-0.3, -0.25) is 19.7 Å². The smallest absolute Gasteiger partial charge is 0.282 e. The molecule has 3 aromatic rings. The quantitative estimate of drug-likeness (QED) is 0.376. The van der Waals surface area contributed by atoms with Crippen molar-refractivity contribution < 1.29 is 18.9 Å². The van der Waals surface area contributed by atoms with Crippen LogP contribution in [0.2, 0.25) is 0 Å². The lowest BCUT2D eigenvalue weighted by Gasteiger charge is -2.15. The summed E-state index contributed by atoms with van der Waals surface area (Å²) in [5, 5.41) is 14.0. The summed E-state index contributed by atoms with van der Waals surface area (Å²) in [6.07, 6.45) is 0. The van der Waals surface area contributed by atoms with E-state index in [2.05, 4.69) is 5.32 Å². The number of halogens is 1. The van der Waals surface area contributed by atoms with Gasteiger partial charge in [0.2, 0.25) is 0 Å². The lowest BCUT2D eigenvalue weighted by Crippen LogP contribution is -2.32. The molecule has 154 valence electrons. The molecular weight excluding hydrogens is 401 g/mol. The summed E-state index contributed by atoms with van der Waals surface area (Å²) in [6, 6.07) is 17.7. The maximum atomic E-state index is 13.3. The van der Waals surface area contributed by atoms with Gasteiger partial charge in [-0.15, -0.1) is 0 Å². The van der Waals surface area contributed by atoms with E-state index in [0.29, 0.717) is 11.3 Å². The van der Waals surface area contributed by atoms with Crippen molar-refractivity contribution in [2.75, 3.05) is 10.2 Å². The normalized spacial score (nSPS) is 13.7. The number of nitro groups is 1. The monoisotopic (exact) mass is 417 g/mol. The minimum Gasteiger partial charge on any atom is -0.350 e. The molecule has 7 nitrogen and oxygen atoms in total. The molecule has 1 N–H and O–H groups in total. The first-order valence-electron chi connectivity index (χ1n) is 9.32. The van der Waals surface area contributed by atoms with Crippen molar-refractivity contribution in [2.45, 2.75) is 6.92 Å². The number of nitrogens with one attached hydrogen (secondary N) is 1. The first-order valence-corrected chi connectivity index (χ1v) is 9.32. The molecule has 0 fully saturated rings. The number of hydrogen-bond donors (Lipinski definition) is 1. The van der Waals surface area contributed by atoms with Crippen molar-refractivity contribution in [3.8, 4) is 0 Å². The van der Waals surface area contributed by atoms with Crippen LogP contribution in [0.15, 0.2) is 78.5 Å². The molecule has 0 aromatic heterocycles. The SMILES string of the molecule is Cc1cccc(NC2=C(c3ccc([N+](=O)[O-])cc3)C(=O)N(c3ccc(F)cc3)C2=O)c1. The largest absolute Gasteiger partial charge is 0.350 e. The highest BCUT2D eigenvalue weighted by Crippen LogP contribution is 2.34. The highest BCUT2D eigenvalue weighted by atomic mass is 19.1. The molecule has 0 bridgehead atoms. The molecule has 1 aliphatic rings. The van der Waals surface area contributed by atoms with Gasteiger partial charge in [0, 0.05) is 17.8 Å². The Bertz CT molecular complexity index is 1230. The number of rotatable bonds is 5. The number of anilines is 2. The van der Waals surface area contributed by atoms with Gasteiger partial charge >= 0.3 is 0 Å². The molecule has 0 unspecified atom stereocenters. The van der Waals surface area contributed by atoms with Gasteiger partial charge in [-0.1, -0.05) is 12.1 Å². The van der Waals surface area contributed by atoms with Gasteiger partial charge in [0.15, 0.2) is 0 Å². The Morgan fingerprint density at radius 3 is 2.23 bits per heavy atom. The van der Waals surface area contributed by atoms with Crippen LogP contribution in [0, 0.1) is 22.9 Å². The molecule has 0 saturated heterocycles. The number of benzene rings is 3. The van der Waals surface area contributed by atoms with E-state index in [-0.39, 0.29) is 22.6 Å². The highest BCUT2D eigenvalue weighted by molar-refractivity contribution is 6.46. The number of imide groups is 1. The highest BCUT2D eigenvalue weighted by Gasteiger charge is 2.40. The summed E-state index contributed by atoms with van der Waals surface area (Å²) >= 11 is 0. The number of non-ortho nitro benzene ring substituents is 1. The van der Waals surface area contributed by atoms with Crippen LogP contribution in [0.1, 0.15) is 11.1 Å². The number of hydrogen-bond acceptors (Lipinski definition) is 5. The number of amides is 2. The predicted molar refractivity (Wildman–Crippen MR) is 114 cm³/mol. The van der Waals surface area contributed by atoms with Crippen LogP contribution < -0.4 is 10.2 Å². The molecule has 1 heterocycles. The van der Waals surface area contributed by atoms with Crippen LogP contribution in [0.3, 0.4) is 0 Å². The third kappa shape index (κ3) is 3.78. The van der Waals surface area contributed by atoms with E-state index in [0.717, 1.165) is 22.6 Å². The molecule has 0 radical (unpaired) electrons. The fourth-order valence-corrected chi connectivity index (χ4v) is 3.36. The van der Waals surface area contributed by atoms with Gasteiger partial charge < -0.3 is 5.32 Å². The van der Waals surface area contributed by atoms with Gasteiger partial charge in [0.05, 0.1) is 16.2 Å². The van der Waals surface area contributed by atoms with Crippen LogP contribution in [-0.4, -0.2) is 16.7 Å². The summed E-state index contributed by atoms with van der Waals surface area (Å²) in [7, 11) is 0. The van der Waals surface area contributed by atoms with E-state index in [1.807, 2.05) is 25.1 Å². The topological polar surface area (TPSA) is 92.6 Å². The minimum absolute atomic E-state index is 0.0359. The Kier molecular flexibility index (Phi) is 5.04. The molecular formula is C23H16FN3O4. The zero-order valence-corrected chi connectivity index (χ0v) is 16.3. The zero-order valence-electron chi connectivity index (χ0n) is 16.3. The fourth-order valence-electron chi connectivity index (χ4n) is 3.36. The van der Waals surface area contributed by atoms with Crippen molar-refractivity contribution in [1.82, 2.24) is 0 Å². The van der Waals surface area contributed by atoms with Crippen LogP contribution in [0.25, 0.3) is 5.57 Å². The maximum Gasteiger partial charge on any atom is 0.282 e. The molecule has 3 aromatic carbocycles. The average molecular weight is 417 g/mol. The summed E-state index contributed by atoms with van der Waals surface area (Å²) in [6.45, 7) is 1.89. The fraction of sp³-hybridized carbons (Fsp3) is 0.0435. The molecule has 0 atom stereocenters. The molecule has 2 amide bonds. The van der Waals surface area contributed by atoms with E-state index >= 15 is 0 Å². The Morgan fingerprint density at radius 2 is 1.61 bits per heavy atom. The van der Waals surface area contributed by atoms with E-state index in [1.165, 1.54) is 36.4 Å². The van der Waals surface area contributed by atoms with Crippen molar-refractivity contribution in [3.05, 3.63) is 106 Å². The average Bonchev–Trinajstić information content (AvgIpc) is 2.98. The van der Waals surface area contributed by atoms with Crippen LogP contribution in [0.4, 0.5) is 21.5 Å². The number of aryl methyl sites for hydroxylation is 1. The summed E-state index contributed by atoms with van der Waals surface area (Å²) < 4.78 is 13.3. The second-order valence-corrected chi connectivity index (χ2v) is 6.97. The van der Waals surface area contributed by atoms with Crippen LogP contribution in [-0.2, 0) is 9.59 Å². The molecule has 1 aliphatic heterocycles. The molecule has 8 heteroatoms. The standard InChI is InChI=1S/C23H16FN3O4/c1-14-3-2-4-17(13-14)25-21-20(15-5-9-19(10-6-15)27(30)31)22(28)26(23(21)29)18-11-7-16(24)8-12-18/h2-13,25H,1H3. The Hall–Kier alpha value is -4.33. The number of nitro benzene ring substituents is 1. The molecule has 31 heavy (non-hydrogen) atoms. The van der Waals surface area contributed by atoms with Crippen molar-refractivity contribution in [3.63, 3.8) is 0 Å². The third-order valence-corrected chi connectivity index (χ3v) is 4.82. The van der Waals surface area contributed by atoms with E-state index in [4.69, 9.17) is 0 Å². The predicted octanol–water partition coefficient (Wildman–Crippen LogP) is 4.44. The summed E-state index contributed by atoms with van der Waals surface area (Å²) in [4.78, 5) is 37.9. The Balaban J connectivity index is 1.82. The summed E-state index contributed by atoms with van der Waals surface area (Å²) in [5.41, 5.74) is 2.11. The maximum absolute atomic E-state index is 13.3. The van der Waals surface area contributed by atoms with Crippen LogP contribution in [0.5, 0.6) is 0 Å².